The number of anilines is 1. The van der Waals surface area contributed by atoms with Crippen LogP contribution in [0, 0.1) is 12.7 Å². The van der Waals surface area contributed by atoms with Gasteiger partial charge in [0.15, 0.2) is 0 Å². The minimum atomic E-state index is -0.469. The van der Waals surface area contributed by atoms with E-state index in [0.29, 0.717) is 23.4 Å². The molecule has 25 heavy (non-hydrogen) atoms. The van der Waals surface area contributed by atoms with E-state index in [1.165, 1.54) is 29.2 Å². The summed E-state index contributed by atoms with van der Waals surface area (Å²) in [5.41, 5.74) is 2.02. The van der Waals surface area contributed by atoms with E-state index in [1.807, 2.05) is 6.92 Å². The largest absolute Gasteiger partial charge is 0.311 e. The lowest BCUT2D eigenvalue weighted by atomic mass is 10.1. The Hall–Kier alpha value is -3.02. The summed E-state index contributed by atoms with van der Waals surface area (Å²) in [6, 6.07) is 10.5. The van der Waals surface area contributed by atoms with Crippen LogP contribution < -0.4 is 4.90 Å². The van der Waals surface area contributed by atoms with Gasteiger partial charge in [-0.1, -0.05) is 11.6 Å². The Balaban J connectivity index is 1.82. The maximum atomic E-state index is 13.1. The van der Waals surface area contributed by atoms with Crippen LogP contribution in [-0.2, 0) is 4.79 Å². The van der Waals surface area contributed by atoms with Gasteiger partial charge in [-0.3, -0.25) is 19.3 Å². The third kappa shape index (κ3) is 3.03. The average molecular weight is 340 g/mol. The number of carbonyl (C=O) groups excluding carboxylic acids is 3. The molecule has 128 valence electrons. The van der Waals surface area contributed by atoms with Gasteiger partial charge >= 0.3 is 0 Å². The van der Waals surface area contributed by atoms with Crippen molar-refractivity contribution in [3.8, 4) is 0 Å². The van der Waals surface area contributed by atoms with Crippen LogP contribution in [-0.4, -0.2) is 35.7 Å². The van der Waals surface area contributed by atoms with Crippen LogP contribution in [0.15, 0.2) is 42.5 Å². The highest BCUT2D eigenvalue weighted by atomic mass is 19.1. The Labute approximate surface area is 144 Å². The highest BCUT2D eigenvalue weighted by Crippen LogP contribution is 2.24. The molecule has 3 amide bonds. The van der Waals surface area contributed by atoms with E-state index in [2.05, 4.69) is 0 Å². The monoisotopic (exact) mass is 340 g/mol. The number of hydrogen-bond acceptors (Lipinski definition) is 3. The van der Waals surface area contributed by atoms with Gasteiger partial charge in [0, 0.05) is 12.2 Å². The first-order valence-corrected chi connectivity index (χ1v) is 7.95. The minimum absolute atomic E-state index is 0.313. The second-order valence-corrected chi connectivity index (χ2v) is 5.86. The summed E-state index contributed by atoms with van der Waals surface area (Å²) in [6.45, 7) is 3.59. The summed E-state index contributed by atoms with van der Waals surface area (Å²) < 4.78 is 13.1. The molecule has 0 atom stereocenters. The predicted octanol–water partition coefficient (Wildman–Crippen LogP) is 2.78. The molecule has 0 saturated carbocycles. The molecule has 0 saturated heterocycles. The molecule has 0 fully saturated rings. The Morgan fingerprint density at radius 1 is 1.04 bits per heavy atom. The second-order valence-electron chi connectivity index (χ2n) is 5.86. The molecule has 2 aromatic rings. The minimum Gasteiger partial charge on any atom is -0.311 e. The summed E-state index contributed by atoms with van der Waals surface area (Å²) in [7, 11) is 0. The lowest BCUT2D eigenvalue weighted by Gasteiger charge is -2.23. The van der Waals surface area contributed by atoms with Crippen molar-refractivity contribution in [2.75, 3.05) is 18.0 Å². The van der Waals surface area contributed by atoms with Gasteiger partial charge in [-0.05, 0) is 50.2 Å². The molecular weight excluding hydrogens is 323 g/mol. The zero-order chi connectivity index (χ0) is 18.1. The summed E-state index contributed by atoms with van der Waals surface area (Å²) in [4.78, 5) is 39.9. The summed E-state index contributed by atoms with van der Waals surface area (Å²) in [5.74, 6) is -1.74. The number of imide groups is 1. The number of amides is 3. The smallest absolute Gasteiger partial charge is 0.262 e. The summed E-state index contributed by atoms with van der Waals surface area (Å²) in [5, 5.41) is 0. The van der Waals surface area contributed by atoms with Gasteiger partial charge in [0.2, 0.25) is 5.91 Å². The zero-order valence-corrected chi connectivity index (χ0v) is 14.0. The third-order valence-corrected chi connectivity index (χ3v) is 4.18. The Kier molecular flexibility index (Phi) is 4.35. The van der Waals surface area contributed by atoms with Crippen molar-refractivity contribution in [3.05, 3.63) is 65.0 Å². The van der Waals surface area contributed by atoms with Crippen LogP contribution in [0.4, 0.5) is 10.1 Å². The van der Waals surface area contributed by atoms with Crippen molar-refractivity contribution >= 4 is 23.4 Å². The summed E-state index contributed by atoms with van der Waals surface area (Å²) >= 11 is 0. The number of hydrogen-bond donors (Lipinski definition) is 0. The van der Waals surface area contributed by atoms with Gasteiger partial charge in [-0.15, -0.1) is 0 Å². The SMILES string of the molecule is CCN(C(=O)CN1C(=O)c2ccc(C)cc2C1=O)c1ccc(F)cc1. The average Bonchev–Trinajstić information content (AvgIpc) is 2.82. The van der Waals surface area contributed by atoms with Crippen molar-refractivity contribution in [1.29, 1.82) is 0 Å². The third-order valence-electron chi connectivity index (χ3n) is 4.18. The predicted molar refractivity (Wildman–Crippen MR) is 91.0 cm³/mol. The fourth-order valence-electron chi connectivity index (χ4n) is 2.89. The lowest BCUT2D eigenvalue weighted by Crippen LogP contribution is -2.42. The van der Waals surface area contributed by atoms with E-state index in [1.54, 1.807) is 25.1 Å². The van der Waals surface area contributed by atoms with E-state index in [-0.39, 0.29) is 6.54 Å². The number of halogens is 1. The van der Waals surface area contributed by atoms with Gasteiger partial charge in [-0.25, -0.2) is 4.39 Å². The maximum absolute atomic E-state index is 13.1. The van der Waals surface area contributed by atoms with Crippen LogP contribution >= 0.6 is 0 Å². The second kappa shape index (κ2) is 6.47. The molecule has 0 radical (unpaired) electrons. The van der Waals surface area contributed by atoms with E-state index >= 15 is 0 Å². The van der Waals surface area contributed by atoms with Crippen LogP contribution in [0.5, 0.6) is 0 Å². The molecule has 1 aliphatic rings. The fourth-order valence-corrected chi connectivity index (χ4v) is 2.89. The Morgan fingerprint density at radius 2 is 1.68 bits per heavy atom. The van der Waals surface area contributed by atoms with E-state index in [9.17, 15) is 18.8 Å². The molecule has 0 aromatic heterocycles. The zero-order valence-electron chi connectivity index (χ0n) is 14.0. The van der Waals surface area contributed by atoms with E-state index in [4.69, 9.17) is 0 Å². The normalized spacial score (nSPS) is 13.2. The number of aryl methyl sites for hydroxylation is 1. The van der Waals surface area contributed by atoms with Crippen molar-refractivity contribution < 1.29 is 18.8 Å². The molecular formula is C19H17FN2O3. The number of rotatable bonds is 4. The number of likely N-dealkylation sites (N-methyl/N-ethyl adjacent to an activating group) is 1. The molecule has 0 unspecified atom stereocenters. The van der Waals surface area contributed by atoms with Crippen LogP contribution in [0.2, 0.25) is 0 Å². The van der Waals surface area contributed by atoms with Gasteiger partial charge in [0.25, 0.3) is 11.8 Å². The standard InChI is InChI=1S/C19H17FN2O3/c1-3-21(14-7-5-13(20)6-8-14)17(23)11-22-18(24)15-9-4-12(2)10-16(15)19(22)25/h4-10H,3,11H2,1-2H3. The first-order valence-electron chi connectivity index (χ1n) is 7.95. The highest BCUT2D eigenvalue weighted by molar-refractivity contribution is 6.22. The number of nitrogens with zero attached hydrogens (tertiary/aromatic N) is 2. The Morgan fingerprint density at radius 3 is 2.32 bits per heavy atom. The van der Waals surface area contributed by atoms with Crippen molar-refractivity contribution in [1.82, 2.24) is 4.90 Å². The summed E-state index contributed by atoms with van der Waals surface area (Å²) in [6.07, 6.45) is 0. The first-order chi connectivity index (χ1) is 11.9. The van der Waals surface area contributed by atoms with Crippen molar-refractivity contribution in [3.63, 3.8) is 0 Å². The quantitative estimate of drug-likeness (QED) is 0.804. The van der Waals surface area contributed by atoms with Gasteiger partial charge in [0.05, 0.1) is 11.1 Å². The fraction of sp³-hybridized carbons (Fsp3) is 0.211. The Bertz CT molecular complexity index is 861. The molecule has 3 rings (SSSR count). The van der Waals surface area contributed by atoms with E-state index in [0.717, 1.165) is 10.5 Å². The molecule has 0 bridgehead atoms. The van der Waals surface area contributed by atoms with E-state index < -0.39 is 23.5 Å². The molecule has 0 aliphatic carbocycles. The van der Waals surface area contributed by atoms with Crippen LogP contribution in [0.1, 0.15) is 33.2 Å². The molecule has 5 nitrogen and oxygen atoms in total. The highest BCUT2D eigenvalue weighted by Gasteiger charge is 2.37. The molecule has 2 aromatic carbocycles. The lowest BCUT2D eigenvalue weighted by molar-refractivity contribution is -0.118. The molecule has 1 heterocycles. The maximum Gasteiger partial charge on any atom is 0.262 e. The van der Waals surface area contributed by atoms with Gasteiger partial charge in [-0.2, -0.15) is 0 Å². The van der Waals surface area contributed by atoms with Crippen LogP contribution in [0.25, 0.3) is 0 Å². The molecule has 1 aliphatic heterocycles. The number of benzene rings is 2. The molecule has 0 N–H and O–H groups in total. The number of fused-ring (bicyclic) bond motifs is 1. The number of carbonyl (C=O) groups is 3. The van der Waals surface area contributed by atoms with Crippen molar-refractivity contribution in [2.24, 2.45) is 0 Å². The first kappa shape index (κ1) is 16.8. The van der Waals surface area contributed by atoms with Gasteiger partial charge in [0.1, 0.15) is 12.4 Å². The van der Waals surface area contributed by atoms with Gasteiger partial charge < -0.3 is 4.90 Å². The molecule has 6 heteroatoms. The molecule has 0 spiro atoms. The van der Waals surface area contributed by atoms with Crippen LogP contribution in [0.3, 0.4) is 0 Å². The van der Waals surface area contributed by atoms with Crippen molar-refractivity contribution in [2.45, 2.75) is 13.8 Å². The topological polar surface area (TPSA) is 57.7 Å².